The van der Waals surface area contributed by atoms with Gasteiger partial charge in [0.1, 0.15) is 15.4 Å². The molecule has 0 aliphatic carbocycles. The molecule has 152 valence electrons. The second-order valence-corrected chi connectivity index (χ2v) is 8.60. The van der Waals surface area contributed by atoms with Crippen molar-refractivity contribution in [2.24, 2.45) is 9.98 Å². The van der Waals surface area contributed by atoms with Crippen molar-refractivity contribution in [2.45, 2.75) is 6.92 Å². The Bertz CT molecular complexity index is 1060. The number of nitrogens with one attached hydrogen (secondary N) is 4. The number of anilines is 2. The molecule has 2 aliphatic rings. The quantitative estimate of drug-likeness (QED) is 0.456. The first-order chi connectivity index (χ1) is 14.1. The molecule has 0 amide bonds. The highest BCUT2D eigenvalue weighted by Gasteiger charge is 2.13. The van der Waals surface area contributed by atoms with E-state index in [0.717, 1.165) is 70.4 Å². The fourth-order valence-electron chi connectivity index (χ4n) is 2.71. The lowest BCUT2D eigenvalue weighted by atomic mass is 10.2. The lowest BCUT2D eigenvalue weighted by Crippen LogP contribution is -2.26. The third-order valence-corrected chi connectivity index (χ3v) is 6.34. The van der Waals surface area contributed by atoms with E-state index < -0.39 is 0 Å². The van der Waals surface area contributed by atoms with Crippen LogP contribution in [0.4, 0.5) is 11.4 Å². The van der Waals surface area contributed by atoms with Crippen molar-refractivity contribution in [1.29, 1.82) is 0 Å². The van der Waals surface area contributed by atoms with Crippen LogP contribution in [-0.2, 0) is 0 Å². The number of guanidine groups is 2. The molecule has 1 aromatic carbocycles. The first-order valence-electron chi connectivity index (χ1n) is 8.87. The third kappa shape index (κ3) is 4.72. The molecule has 4 heterocycles. The fourth-order valence-corrected chi connectivity index (χ4v) is 4.51. The van der Waals surface area contributed by atoms with Crippen LogP contribution >= 0.6 is 46.3 Å². The van der Waals surface area contributed by atoms with Crippen LogP contribution in [0, 0.1) is 6.92 Å². The van der Waals surface area contributed by atoms with Gasteiger partial charge in [0.2, 0.25) is 0 Å². The molecule has 2 aromatic heterocycles. The largest absolute Gasteiger partial charge is 0.354 e. The smallest absolute Gasteiger partial charge is 0.196 e. The lowest BCUT2D eigenvalue weighted by Gasteiger charge is -2.08. The Morgan fingerprint density at radius 3 is 2.24 bits per heavy atom. The molecule has 2 aliphatic heterocycles. The minimum atomic E-state index is 0.622. The van der Waals surface area contributed by atoms with Crippen molar-refractivity contribution in [3.63, 3.8) is 0 Å². The Labute approximate surface area is 185 Å². The van der Waals surface area contributed by atoms with Crippen molar-refractivity contribution in [1.82, 2.24) is 19.4 Å². The summed E-state index contributed by atoms with van der Waals surface area (Å²) in [4.78, 5) is 8.49. The van der Waals surface area contributed by atoms with Crippen LogP contribution < -0.4 is 21.3 Å². The van der Waals surface area contributed by atoms with Crippen LogP contribution in [0.25, 0.3) is 11.0 Å². The number of fused-ring (bicyclic) bond motifs is 1. The van der Waals surface area contributed by atoms with E-state index in [1.54, 1.807) is 0 Å². The highest BCUT2D eigenvalue weighted by Crippen LogP contribution is 2.32. The minimum Gasteiger partial charge on any atom is -0.354 e. The number of hydrogen-bond acceptors (Lipinski definition) is 10. The zero-order valence-corrected chi connectivity index (χ0v) is 18.6. The number of hydrogen-bond donors (Lipinski definition) is 4. The molecule has 3 aromatic rings. The van der Waals surface area contributed by atoms with Gasteiger partial charge in [0.15, 0.2) is 11.9 Å². The topological polar surface area (TPSA) is 98.6 Å². The number of nitrogens with zero attached hydrogens (tertiary/aromatic N) is 4. The van der Waals surface area contributed by atoms with E-state index in [4.69, 9.17) is 23.2 Å². The number of thiophene rings is 1. The van der Waals surface area contributed by atoms with Crippen LogP contribution in [-0.4, -0.2) is 46.8 Å². The molecular formula is C17H18Cl2N8S2. The Kier molecular flexibility index (Phi) is 6.34. The summed E-state index contributed by atoms with van der Waals surface area (Å²) < 4.78 is 9.18. The summed E-state index contributed by atoms with van der Waals surface area (Å²) in [5, 5.41) is 15.2. The van der Waals surface area contributed by atoms with Crippen LogP contribution in [0.15, 0.2) is 27.5 Å². The lowest BCUT2D eigenvalue weighted by molar-refractivity contribution is 0.959. The van der Waals surface area contributed by atoms with Crippen LogP contribution in [0.2, 0.25) is 9.36 Å². The monoisotopic (exact) mass is 468 g/mol. The van der Waals surface area contributed by atoms with Crippen LogP contribution in [0.5, 0.6) is 0 Å². The molecule has 0 unspecified atom stereocenters. The SMILES string of the molecule is Cc1csc(Cl)c1NC1=NCCN1.Clc1ccc2nsnc2c1NC1=NCCN1. The molecule has 0 bridgehead atoms. The zero-order valence-electron chi connectivity index (χ0n) is 15.4. The molecule has 0 radical (unpaired) electrons. The van der Waals surface area contributed by atoms with E-state index in [1.807, 2.05) is 24.4 Å². The Balaban J connectivity index is 0.000000145. The number of rotatable bonds is 2. The van der Waals surface area contributed by atoms with Crippen LogP contribution in [0.3, 0.4) is 0 Å². The second-order valence-electron chi connectivity index (χ2n) is 6.19. The van der Waals surface area contributed by atoms with Gasteiger partial charge >= 0.3 is 0 Å². The van der Waals surface area contributed by atoms with Crippen molar-refractivity contribution in [2.75, 3.05) is 36.8 Å². The van der Waals surface area contributed by atoms with Crippen molar-refractivity contribution in [3.05, 3.63) is 32.4 Å². The predicted molar refractivity (Wildman–Crippen MR) is 124 cm³/mol. The highest BCUT2D eigenvalue weighted by molar-refractivity contribution is 7.15. The average molecular weight is 469 g/mol. The van der Waals surface area contributed by atoms with Crippen LogP contribution in [0.1, 0.15) is 5.56 Å². The maximum Gasteiger partial charge on any atom is 0.196 e. The summed E-state index contributed by atoms with van der Waals surface area (Å²) in [5.41, 5.74) is 4.52. The second kappa shape index (κ2) is 9.12. The molecule has 0 spiro atoms. The van der Waals surface area contributed by atoms with E-state index in [0.29, 0.717) is 5.02 Å². The molecular weight excluding hydrogens is 451 g/mol. The summed E-state index contributed by atoms with van der Waals surface area (Å²) >= 11 is 14.8. The Morgan fingerprint density at radius 2 is 1.66 bits per heavy atom. The van der Waals surface area contributed by atoms with Gasteiger partial charge in [0.05, 0.1) is 41.2 Å². The number of benzene rings is 1. The van der Waals surface area contributed by atoms with Gasteiger partial charge in [0, 0.05) is 13.1 Å². The van der Waals surface area contributed by atoms with E-state index in [1.165, 1.54) is 23.1 Å². The standard InChI is InChI=1S/C9H8ClN5S.C8H10ClN3S/c10-5-1-2-6-8(15-16-14-6)7(5)13-9-11-3-4-12-9;1-5-4-13-7(9)6(5)12-8-10-2-3-11-8/h1-2H,3-4H2,(H2,11,12,13);4H,2-3H2,1H3,(H2,10,11,12). The molecule has 12 heteroatoms. The van der Waals surface area contributed by atoms with Gasteiger partial charge in [-0.1, -0.05) is 23.2 Å². The van der Waals surface area contributed by atoms with E-state index in [-0.39, 0.29) is 0 Å². The van der Waals surface area contributed by atoms with E-state index in [9.17, 15) is 0 Å². The van der Waals surface area contributed by atoms with E-state index in [2.05, 4.69) is 40.0 Å². The van der Waals surface area contributed by atoms with Gasteiger partial charge in [0.25, 0.3) is 0 Å². The first kappa shape index (κ1) is 20.1. The predicted octanol–water partition coefficient (Wildman–Crippen LogP) is 3.80. The summed E-state index contributed by atoms with van der Waals surface area (Å²) in [6.45, 7) is 5.41. The normalized spacial score (nSPS) is 15.1. The Hall–Kier alpha value is -2.14. The zero-order chi connectivity index (χ0) is 20.2. The molecule has 0 fully saturated rings. The molecule has 29 heavy (non-hydrogen) atoms. The number of aliphatic imine (C=N–C) groups is 2. The average Bonchev–Trinajstić information content (AvgIpc) is 3.50. The molecule has 0 saturated carbocycles. The van der Waals surface area contributed by atoms with Gasteiger partial charge in [-0.2, -0.15) is 8.75 Å². The van der Waals surface area contributed by atoms with Gasteiger partial charge in [-0.15, -0.1) is 11.3 Å². The molecule has 0 atom stereocenters. The maximum absolute atomic E-state index is 6.13. The number of aryl methyl sites for hydroxylation is 1. The fraction of sp³-hybridized carbons (Fsp3) is 0.294. The Morgan fingerprint density at radius 1 is 0.966 bits per heavy atom. The molecule has 4 N–H and O–H groups in total. The van der Waals surface area contributed by atoms with Crippen molar-refractivity contribution >= 4 is 80.6 Å². The summed E-state index contributed by atoms with van der Waals surface area (Å²) in [6, 6.07) is 3.67. The van der Waals surface area contributed by atoms with Crippen molar-refractivity contribution in [3.8, 4) is 0 Å². The van der Waals surface area contributed by atoms with Gasteiger partial charge < -0.3 is 21.3 Å². The maximum atomic E-state index is 6.13. The summed E-state index contributed by atoms with van der Waals surface area (Å²) in [5.74, 6) is 1.56. The summed E-state index contributed by atoms with van der Waals surface area (Å²) in [6.07, 6.45) is 0. The first-order valence-corrected chi connectivity index (χ1v) is 11.2. The van der Waals surface area contributed by atoms with E-state index >= 15 is 0 Å². The van der Waals surface area contributed by atoms with Crippen molar-refractivity contribution < 1.29 is 0 Å². The highest BCUT2D eigenvalue weighted by atomic mass is 35.5. The molecule has 0 saturated heterocycles. The number of halogens is 2. The molecule has 8 nitrogen and oxygen atoms in total. The number of aromatic nitrogens is 2. The van der Waals surface area contributed by atoms with Gasteiger partial charge in [-0.25, -0.2) is 0 Å². The molecule has 5 rings (SSSR count). The minimum absolute atomic E-state index is 0.622. The third-order valence-electron chi connectivity index (χ3n) is 4.14. The van der Waals surface area contributed by atoms with Gasteiger partial charge in [-0.05, 0) is 30.0 Å². The van der Waals surface area contributed by atoms with Gasteiger partial charge in [-0.3, -0.25) is 9.98 Å². The summed E-state index contributed by atoms with van der Waals surface area (Å²) in [7, 11) is 0.